The molecule has 1 spiro atoms. The number of piperidine rings is 1. The number of benzene rings is 1. The number of likely N-dealkylation sites (tertiary alicyclic amines) is 1. The van der Waals surface area contributed by atoms with E-state index in [-0.39, 0.29) is 23.4 Å². The number of aliphatic hydroxyl groups is 1. The molecule has 0 unspecified atom stereocenters. The van der Waals surface area contributed by atoms with Gasteiger partial charge < -0.3 is 19.6 Å². The summed E-state index contributed by atoms with van der Waals surface area (Å²) in [5.74, 6) is 0.809. The maximum atomic E-state index is 12.7. The van der Waals surface area contributed by atoms with Crippen LogP contribution in [-0.4, -0.2) is 70.5 Å². The predicted octanol–water partition coefficient (Wildman–Crippen LogP) is 1.46. The lowest BCUT2D eigenvalue weighted by Crippen LogP contribution is -2.57. The quantitative estimate of drug-likeness (QED) is 0.714. The molecule has 0 atom stereocenters. The van der Waals surface area contributed by atoms with E-state index in [1.54, 1.807) is 12.4 Å². The highest BCUT2D eigenvalue weighted by Gasteiger charge is 2.46. The van der Waals surface area contributed by atoms with Crippen LogP contribution in [0.1, 0.15) is 31.2 Å². The van der Waals surface area contributed by atoms with Crippen LogP contribution in [0.3, 0.4) is 0 Å². The molecule has 0 saturated carbocycles. The third-order valence-electron chi connectivity index (χ3n) is 7.41. The van der Waals surface area contributed by atoms with E-state index in [4.69, 9.17) is 4.74 Å². The molecule has 33 heavy (non-hydrogen) atoms. The van der Waals surface area contributed by atoms with Gasteiger partial charge >= 0.3 is 0 Å². The van der Waals surface area contributed by atoms with Crippen molar-refractivity contribution in [1.82, 2.24) is 14.5 Å². The zero-order valence-electron chi connectivity index (χ0n) is 19.0. The largest absolute Gasteiger partial charge is 0.388 e. The Morgan fingerprint density at radius 2 is 1.88 bits per heavy atom. The molecule has 4 heterocycles. The van der Waals surface area contributed by atoms with Gasteiger partial charge in [0.05, 0.1) is 25.1 Å². The fourth-order valence-corrected chi connectivity index (χ4v) is 5.23. The van der Waals surface area contributed by atoms with E-state index in [1.807, 2.05) is 35.2 Å². The number of ether oxygens (including phenoxy) is 1. The minimum atomic E-state index is -1.01. The van der Waals surface area contributed by atoms with Crippen molar-refractivity contribution in [2.45, 2.75) is 44.2 Å². The smallest absolute Gasteiger partial charge is 0.255 e. The van der Waals surface area contributed by atoms with Gasteiger partial charge in [0.15, 0.2) is 0 Å². The van der Waals surface area contributed by atoms with Crippen molar-refractivity contribution in [3.63, 3.8) is 0 Å². The molecule has 8 nitrogen and oxygen atoms in total. The molecule has 0 aliphatic carbocycles. The molecular formula is C25H32N4O4. The Bertz CT molecular complexity index is 1030. The molecule has 1 aromatic carbocycles. The van der Waals surface area contributed by atoms with Gasteiger partial charge in [-0.3, -0.25) is 14.2 Å². The standard InChI is InChI=1S/C25H32N4O4/c30-22(7-6-20-4-2-1-3-5-20)27-11-8-25(32,9-12-27)17-29-19-26-21(14-23(29)31)28-15-24(16-28)10-13-33-18-24/h1-5,14,19,32H,6-13,15-18H2. The summed E-state index contributed by atoms with van der Waals surface area (Å²) in [6.45, 7) is 4.56. The van der Waals surface area contributed by atoms with E-state index in [0.717, 1.165) is 44.7 Å². The second-order valence-electron chi connectivity index (χ2n) is 9.96. The first-order chi connectivity index (χ1) is 15.9. The number of nitrogens with zero attached hydrogens (tertiary/aromatic N) is 4. The topological polar surface area (TPSA) is 87.9 Å². The molecule has 3 saturated heterocycles. The highest BCUT2D eigenvalue weighted by molar-refractivity contribution is 5.76. The fraction of sp³-hybridized carbons (Fsp3) is 0.560. The molecule has 1 amide bonds. The zero-order valence-corrected chi connectivity index (χ0v) is 19.0. The third-order valence-corrected chi connectivity index (χ3v) is 7.41. The Morgan fingerprint density at radius 1 is 1.12 bits per heavy atom. The summed E-state index contributed by atoms with van der Waals surface area (Å²) in [6, 6.07) is 11.6. The highest BCUT2D eigenvalue weighted by atomic mass is 16.5. The molecule has 3 fully saturated rings. The first-order valence-corrected chi connectivity index (χ1v) is 11.9. The van der Waals surface area contributed by atoms with Crippen LogP contribution in [0.4, 0.5) is 5.82 Å². The van der Waals surface area contributed by atoms with Crippen LogP contribution in [0.2, 0.25) is 0 Å². The average Bonchev–Trinajstić information content (AvgIpc) is 3.30. The van der Waals surface area contributed by atoms with Crippen molar-refractivity contribution < 1.29 is 14.6 Å². The molecule has 1 N–H and O–H groups in total. The molecule has 5 rings (SSSR count). The SMILES string of the molecule is O=C(CCc1ccccc1)N1CCC(O)(Cn2cnc(N3CC4(CCOC4)C3)cc2=O)CC1. The third kappa shape index (κ3) is 4.82. The van der Waals surface area contributed by atoms with Gasteiger partial charge in [-0.15, -0.1) is 0 Å². The van der Waals surface area contributed by atoms with Crippen molar-refractivity contribution in [3.8, 4) is 0 Å². The van der Waals surface area contributed by atoms with E-state index in [9.17, 15) is 14.7 Å². The molecule has 1 aromatic heterocycles. The van der Waals surface area contributed by atoms with Crippen LogP contribution in [0, 0.1) is 5.41 Å². The van der Waals surface area contributed by atoms with Crippen molar-refractivity contribution >= 4 is 11.7 Å². The number of carbonyl (C=O) groups excluding carboxylic acids is 1. The molecule has 2 aromatic rings. The Hall–Kier alpha value is -2.71. The summed E-state index contributed by atoms with van der Waals surface area (Å²) < 4.78 is 7.01. The molecular weight excluding hydrogens is 420 g/mol. The van der Waals surface area contributed by atoms with Gasteiger partial charge in [0.25, 0.3) is 5.56 Å². The Kier molecular flexibility index (Phi) is 5.97. The summed E-state index contributed by atoms with van der Waals surface area (Å²) in [4.78, 5) is 33.7. The van der Waals surface area contributed by atoms with E-state index < -0.39 is 5.60 Å². The number of rotatable bonds is 6. The minimum Gasteiger partial charge on any atom is -0.388 e. The lowest BCUT2D eigenvalue weighted by Gasteiger charge is -2.47. The van der Waals surface area contributed by atoms with E-state index >= 15 is 0 Å². The van der Waals surface area contributed by atoms with Crippen molar-refractivity contribution in [3.05, 3.63) is 58.6 Å². The van der Waals surface area contributed by atoms with Crippen LogP contribution in [0.5, 0.6) is 0 Å². The van der Waals surface area contributed by atoms with Crippen LogP contribution in [0.25, 0.3) is 0 Å². The number of aromatic nitrogens is 2. The van der Waals surface area contributed by atoms with Crippen molar-refractivity contribution in [2.75, 3.05) is 44.3 Å². The van der Waals surface area contributed by atoms with Gasteiger partial charge in [0.2, 0.25) is 5.91 Å². The number of aryl methyl sites for hydroxylation is 1. The van der Waals surface area contributed by atoms with Gasteiger partial charge in [-0.1, -0.05) is 30.3 Å². The Labute approximate surface area is 193 Å². The number of amides is 1. The molecule has 3 aliphatic rings. The number of hydrogen-bond acceptors (Lipinski definition) is 6. The van der Waals surface area contributed by atoms with E-state index in [1.165, 1.54) is 4.57 Å². The fourth-order valence-electron chi connectivity index (χ4n) is 5.23. The summed E-state index contributed by atoms with van der Waals surface area (Å²) in [7, 11) is 0. The average molecular weight is 453 g/mol. The molecule has 0 bridgehead atoms. The van der Waals surface area contributed by atoms with Gasteiger partial charge in [-0.2, -0.15) is 0 Å². The predicted molar refractivity (Wildman–Crippen MR) is 124 cm³/mol. The maximum Gasteiger partial charge on any atom is 0.255 e. The van der Waals surface area contributed by atoms with Crippen molar-refractivity contribution in [1.29, 1.82) is 0 Å². The van der Waals surface area contributed by atoms with E-state index in [0.29, 0.717) is 38.2 Å². The second kappa shape index (κ2) is 8.91. The zero-order chi connectivity index (χ0) is 22.9. The molecule has 8 heteroatoms. The lowest BCUT2D eigenvalue weighted by molar-refractivity contribution is -0.135. The molecule has 0 radical (unpaired) electrons. The second-order valence-corrected chi connectivity index (χ2v) is 9.96. The minimum absolute atomic E-state index is 0.115. The van der Waals surface area contributed by atoms with Crippen LogP contribution >= 0.6 is 0 Å². The number of hydrogen-bond donors (Lipinski definition) is 1. The van der Waals surface area contributed by atoms with Crippen LogP contribution < -0.4 is 10.5 Å². The maximum absolute atomic E-state index is 12.7. The number of carbonyl (C=O) groups is 1. The summed E-state index contributed by atoms with van der Waals surface area (Å²) in [6.07, 6.45) is 4.71. The van der Waals surface area contributed by atoms with Gasteiger partial charge in [-0.05, 0) is 31.2 Å². The molecule has 3 aliphatic heterocycles. The van der Waals surface area contributed by atoms with Crippen molar-refractivity contribution in [2.24, 2.45) is 5.41 Å². The summed E-state index contributed by atoms with van der Waals surface area (Å²) in [5.41, 5.74) is 0.224. The first kappa shape index (κ1) is 22.1. The number of anilines is 1. The first-order valence-electron chi connectivity index (χ1n) is 11.9. The summed E-state index contributed by atoms with van der Waals surface area (Å²) in [5, 5.41) is 11.1. The lowest BCUT2D eigenvalue weighted by atomic mass is 9.79. The Morgan fingerprint density at radius 3 is 2.55 bits per heavy atom. The molecule has 176 valence electrons. The van der Waals surface area contributed by atoms with Gasteiger partial charge in [-0.25, -0.2) is 4.98 Å². The van der Waals surface area contributed by atoms with Gasteiger partial charge in [0.1, 0.15) is 5.82 Å². The van der Waals surface area contributed by atoms with E-state index in [2.05, 4.69) is 9.88 Å². The summed E-state index contributed by atoms with van der Waals surface area (Å²) >= 11 is 0. The van der Waals surface area contributed by atoms with Gasteiger partial charge in [0, 0.05) is 50.7 Å². The van der Waals surface area contributed by atoms with Crippen LogP contribution in [0.15, 0.2) is 47.5 Å². The normalized spacial score (nSPS) is 21.2. The Balaban J connectivity index is 1.13. The monoisotopic (exact) mass is 452 g/mol. The highest BCUT2D eigenvalue weighted by Crippen LogP contribution is 2.39. The van der Waals surface area contributed by atoms with Crippen LogP contribution in [-0.2, 0) is 22.5 Å².